The Labute approximate surface area is 159 Å². The maximum Gasteiger partial charge on any atom is 0.387 e. The molecule has 0 unspecified atom stereocenters. The van der Waals surface area contributed by atoms with E-state index in [-0.39, 0.29) is 12.4 Å². The lowest BCUT2D eigenvalue weighted by Crippen LogP contribution is -2.23. The molecule has 0 saturated heterocycles. The monoisotopic (exact) mass is 399 g/mol. The number of nitrogens with one attached hydrogen (secondary N) is 1. The molecule has 0 fully saturated rings. The van der Waals surface area contributed by atoms with Crippen LogP contribution in [0.2, 0.25) is 5.02 Å². The molecule has 0 aromatic heterocycles. The van der Waals surface area contributed by atoms with Gasteiger partial charge in [0.2, 0.25) is 0 Å². The fourth-order valence-electron chi connectivity index (χ4n) is 2.02. The maximum atomic E-state index is 12.1. The van der Waals surface area contributed by atoms with E-state index in [2.05, 4.69) is 10.1 Å². The van der Waals surface area contributed by atoms with Gasteiger partial charge in [-0.2, -0.15) is 8.78 Å². The molecule has 0 spiro atoms. The highest BCUT2D eigenvalue weighted by atomic mass is 35.5. The highest BCUT2D eigenvalue weighted by Crippen LogP contribution is 2.21. The molecule has 0 aliphatic rings. The van der Waals surface area contributed by atoms with E-state index in [1.165, 1.54) is 24.3 Å². The number of hydrogen-bond acceptors (Lipinski definition) is 5. The number of hydrogen-bond donors (Lipinski definition) is 1. The molecule has 2 aromatic carbocycles. The van der Waals surface area contributed by atoms with Crippen LogP contribution in [0.3, 0.4) is 0 Å². The normalized spacial score (nSPS) is 10.4. The number of aryl methyl sites for hydroxylation is 1. The second kappa shape index (κ2) is 9.72. The van der Waals surface area contributed by atoms with Gasteiger partial charge in [0.1, 0.15) is 11.5 Å². The zero-order valence-corrected chi connectivity index (χ0v) is 15.0. The Balaban J connectivity index is 1.73. The van der Waals surface area contributed by atoms with Gasteiger partial charge < -0.3 is 19.5 Å². The largest absolute Gasteiger partial charge is 0.482 e. The number of alkyl halides is 2. The number of carbonyl (C=O) groups is 2. The lowest BCUT2D eigenvalue weighted by atomic mass is 10.2. The zero-order chi connectivity index (χ0) is 19.8. The van der Waals surface area contributed by atoms with Crippen molar-refractivity contribution in [2.75, 3.05) is 18.5 Å². The Kier molecular flexibility index (Phi) is 7.36. The quantitative estimate of drug-likeness (QED) is 0.683. The molecule has 0 saturated carbocycles. The van der Waals surface area contributed by atoms with Crippen molar-refractivity contribution in [1.29, 1.82) is 0 Å². The summed E-state index contributed by atoms with van der Waals surface area (Å²) in [5.41, 5.74) is 1.10. The van der Waals surface area contributed by atoms with Crippen molar-refractivity contribution in [3.8, 4) is 11.5 Å². The molecule has 9 heteroatoms. The lowest BCUT2D eigenvalue weighted by Gasteiger charge is -2.10. The topological polar surface area (TPSA) is 73.9 Å². The van der Waals surface area contributed by atoms with Gasteiger partial charge in [-0.1, -0.05) is 11.6 Å². The predicted octanol–water partition coefficient (Wildman–Crippen LogP) is 3.81. The molecule has 0 heterocycles. The van der Waals surface area contributed by atoms with E-state index in [9.17, 15) is 18.4 Å². The Morgan fingerprint density at radius 3 is 2.44 bits per heavy atom. The Morgan fingerprint density at radius 2 is 1.81 bits per heavy atom. The number of halogens is 3. The number of rotatable bonds is 8. The van der Waals surface area contributed by atoms with Crippen LogP contribution in [0.15, 0.2) is 42.5 Å². The SMILES string of the molecule is Cc1cc(Cl)ccc1OCC(=O)OCC(=O)Nc1ccc(OC(F)F)cc1. The van der Waals surface area contributed by atoms with Gasteiger partial charge in [-0.25, -0.2) is 4.79 Å². The molecule has 0 aliphatic carbocycles. The summed E-state index contributed by atoms with van der Waals surface area (Å²) in [5, 5.41) is 3.00. The number of amides is 1. The van der Waals surface area contributed by atoms with E-state index in [4.69, 9.17) is 21.1 Å². The summed E-state index contributed by atoms with van der Waals surface area (Å²) < 4.78 is 38.4. The molecule has 0 aliphatic heterocycles. The number of carbonyl (C=O) groups excluding carboxylic acids is 2. The summed E-state index contributed by atoms with van der Waals surface area (Å²) in [6.45, 7) is -2.03. The molecule has 1 N–H and O–H groups in total. The number of benzene rings is 2. The van der Waals surface area contributed by atoms with Crippen molar-refractivity contribution in [2.24, 2.45) is 0 Å². The molecule has 2 aromatic rings. The molecule has 0 atom stereocenters. The second-order valence-corrected chi connectivity index (χ2v) is 5.75. The van der Waals surface area contributed by atoms with Crippen LogP contribution in [0.1, 0.15) is 5.56 Å². The molecule has 1 amide bonds. The van der Waals surface area contributed by atoms with Gasteiger partial charge in [0.15, 0.2) is 13.2 Å². The van der Waals surface area contributed by atoms with Crippen molar-refractivity contribution in [1.82, 2.24) is 0 Å². The first-order valence-corrected chi connectivity index (χ1v) is 8.10. The maximum absolute atomic E-state index is 12.1. The number of anilines is 1. The molecule has 6 nitrogen and oxygen atoms in total. The zero-order valence-electron chi connectivity index (χ0n) is 14.2. The third-order valence-electron chi connectivity index (χ3n) is 3.21. The summed E-state index contributed by atoms with van der Waals surface area (Å²) in [5.74, 6) is -0.871. The molecule has 144 valence electrons. The van der Waals surface area contributed by atoms with Crippen LogP contribution in [0.25, 0.3) is 0 Å². The third-order valence-corrected chi connectivity index (χ3v) is 3.45. The van der Waals surface area contributed by atoms with Crippen LogP contribution >= 0.6 is 11.6 Å². The van der Waals surface area contributed by atoms with Crippen LogP contribution in [0.4, 0.5) is 14.5 Å². The average Bonchev–Trinajstić information content (AvgIpc) is 2.60. The molecule has 2 rings (SSSR count). The number of esters is 1. The Bertz CT molecular complexity index is 799. The highest BCUT2D eigenvalue weighted by Gasteiger charge is 2.10. The summed E-state index contributed by atoms with van der Waals surface area (Å²) in [6, 6.07) is 10.2. The average molecular weight is 400 g/mol. The minimum atomic E-state index is -2.93. The van der Waals surface area contributed by atoms with Crippen molar-refractivity contribution in [3.63, 3.8) is 0 Å². The minimum Gasteiger partial charge on any atom is -0.482 e. The van der Waals surface area contributed by atoms with Crippen molar-refractivity contribution in [2.45, 2.75) is 13.5 Å². The van der Waals surface area contributed by atoms with E-state index < -0.39 is 25.1 Å². The number of ether oxygens (including phenoxy) is 3. The Hall–Kier alpha value is -2.87. The van der Waals surface area contributed by atoms with Crippen molar-refractivity contribution < 1.29 is 32.6 Å². The van der Waals surface area contributed by atoms with Crippen LogP contribution in [-0.4, -0.2) is 31.7 Å². The lowest BCUT2D eigenvalue weighted by molar-refractivity contribution is -0.149. The fourth-order valence-corrected chi connectivity index (χ4v) is 2.24. The van der Waals surface area contributed by atoms with Crippen molar-refractivity contribution in [3.05, 3.63) is 53.1 Å². The van der Waals surface area contributed by atoms with Crippen molar-refractivity contribution >= 4 is 29.2 Å². The summed E-state index contributed by atoms with van der Waals surface area (Å²) in [4.78, 5) is 23.4. The van der Waals surface area contributed by atoms with E-state index in [0.29, 0.717) is 16.5 Å². The van der Waals surface area contributed by atoms with Gasteiger partial charge in [0, 0.05) is 10.7 Å². The van der Waals surface area contributed by atoms with E-state index in [0.717, 1.165) is 5.56 Å². The van der Waals surface area contributed by atoms with Gasteiger partial charge in [-0.15, -0.1) is 0 Å². The van der Waals surface area contributed by atoms with Crippen LogP contribution in [-0.2, 0) is 14.3 Å². The Morgan fingerprint density at radius 1 is 1.11 bits per heavy atom. The standard InChI is InChI=1S/C18H16ClF2NO5/c1-11-8-12(19)2-7-15(11)25-10-17(24)26-9-16(23)22-13-3-5-14(6-4-13)27-18(20)21/h2-8,18H,9-10H2,1H3,(H,22,23). The van der Waals surface area contributed by atoms with Crippen LogP contribution in [0, 0.1) is 6.92 Å². The smallest absolute Gasteiger partial charge is 0.387 e. The first kappa shape index (κ1) is 20.4. The van der Waals surface area contributed by atoms with E-state index in [1.807, 2.05) is 0 Å². The van der Waals surface area contributed by atoms with Gasteiger partial charge >= 0.3 is 12.6 Å². The van der Waals surface area contributed by atoms with Crippen LogP contribution < -0.4 is 14.8 Å². The molecule has 0 bridgehead atoms. The second-order valence-electron chi connectivity index (χ2n) is 5.31. The van der Waals surface area contributed by atoms with Gasteiger partial charge in [-0.05, 0) is 55.0 Å². The third kappa shape index (κ3) is 7.10. The molecule has 0 radical (unpaired) electrons. The fraction of sp³-hybridized carbons (Fsp3) is 0.222. The first-order chi connectivity index (χ1) is 12.8. The van der Waals surface area contributed by atoms with Gasteiger partial charge in [0.05, 0.1) is 0 Å². The first-order valence-electron chi connectivity index (χ1n) is 7.73. The van der Waals surface area contributed by atoms with Crippen LogP contribution in [0.5, 0.6) is 11.5 Å². The highest BCUT2D eigenvalue weighted by molar-refractivity contribution is 6.30. The molecular weight excluding hydrogens is 384 g/mol. The van der Waals surface area contributed by atoms with Gasteiger partial charge in [0.25, 0.3) is 5.91 Å². The van der Waals surface area contributed by atoms with Gasteiger partial charge in [-0.3, -0.25) is 4.79 Å². The molecular formula is C18H16ClF2NO5. The summed E-state index contributed by atoms with van der Waals surface area (Å²) >= 11 is 5.83. The summed E-state index contributed by atoms with van der Waals surface area (Å²) in [6.07, 6.45) is 0. The minimum absolute atomic E-state index is 0.0379. The van der Waals surface area contributed by atoms with E-state index >= 15 is 0 Å². The van der Waals surface area contributed by atoms with E-state index in [1.54, 1.807) is 25.1 Å². The molecule has 27 heavy (non-hydrogen) atoms. The predicted molar refractivity (Wildman–Crippen MR) is 94.3 cm³/mol. The summed E-state index contributed by atoms with van der Waals surface area (Å²) in [7, 11) is 0.